The van der Waals surface area contributed by atoms with Crippen LogP contribution in [0.3, 0.4) is 0 Å². The maximum atomic E-state index is 4.85. The minimum Gasteiger partial charge on any atom is -0.354 e. The number of fused-ring (bicyclic) bond motifs is 1. The molecule has 0 aromatic carbocycles. The van der Waals surface area contributed by atoms with E-state index in [9.17, 15) is 0 Å². The second-order valence-corrected chi connectivity index (χ2v) is 8.16. The molecule has 1 aromatic rings. The monoisotopic (exact) mass is 286 g/mol. The van der Waals surface area contributed by atoms with E-state index in [0.29, 0.717) is 11.5 Å². The highest BCUT2D eigenvalue weighted by Crippen LogP contribution is 2.64. The summed E-state index contributed by atoms with van der Waals surface area (Å²) in [4.78, 5) is 4.69. The number of hydrogen-bond acceptors (Lipinski definition) is 3. The van der Waals surface area contributed by atoms with Crippen molar-refractivity contribution in [3.05, 3.63) is 5.82 Å². The van der Waals surface area contributed by atoms with Crippen molar-refractivity contribution in [2.45, 2.75) is 64.3 Å². The van der Waals surface area contributed by atoms with Crippen LogP contribution in [0.2, 0.25) is 0 Å². The van der Waals surface area contributed by atoms with Gasteiger partial charge in [0.2, 0.25) is 5.95 Å². The Kier molecular flexibility index (Phi) is 2.52. The van der Waals surface area contributed by atoms with Crippen LogP contribution in [-0.2, 0) is 6.42 Å². The van der Waals surface area contributed by atoms with Gasteiger partial charge in [-0.25, -0.2) is 4.68 Å². The fraction of sp³-hybridized carbons (Fsp3) is 0.882. The van der Waals surface area contributed by atoms with Gasteiger partial charge in [-0.05, 0) is 68.1 Å². The first-order valence-corrected chi connectivity index (χ1v) is 8.95. The SMILES string of the molecule is CCc1nc2n(n1)C(C13CC4CC(CC(C4)C1)C3)CCN2. The smallest absolute Gasteiger partial charge is 0.221 e. The number of hydrogen-bond donors (Lipinski definition) is 1. The van der Waals surface area contributed by atoms with Gasteiger partial charge in [-0.1, -0.05) is 6.92 Å². The third-order valence-electron chi connectivity index (χ3n) is 6.78. The molecule has 0 amide bonds. The highest BCUT2D eigenvalue weighted by Gasteiger charge is 2.55. The summed E-state index contributed by atoms with van der Waals surface area (Å²) in [6, 6.07) is 0.606. The standard InChI is InChI=1S/C17H26N4/c1-2-15-19-16-18-4-3-14(21(16)20-15)17-8-11-5-12(9-17)7-13(6-11)10-17/h11-14H,2-10H2,1H3,(H,18,19,20). The van der Waals surface area contributed by atoms with Crippen LogP contribution >= 0.6 is 0 Å². The third kappa shape index (κ3) is 1.74. The van der Waals surface area contributed by atoms with Gasteiger partial charge in [-0.3, -0.25) is 0 Å². The average Bonchev–Trinajstić information content (AvgIpc) is 2.88. The minimum absolute atomic E-state index is 0.546. The zero-order chi connectivity index (χ0) is 14.0. The van der Waals surface area contributed by atoms with Gasteiger partial charge >= 0.3 is 0 Å². The topological polar surface area (TPSA) is 42.7 Å². The van der Waals surface area contributed by atoms with Crippen LogP contribution in [0, 0.1) is 23.2 Å². The number of rotatable bonds is 2. The van der Waals surface area contributed by atoms with Crippen LogP contribution < -0.4 is 5.32 Å². The summed E-state index contributed by atoms with van der Waals surface area (Å²) in [5.41, 5.74) is 0.546. The molecule has 0 radical (unpaired) electrons. The third-order valence-corrected chi connectivity index (χ3v) is 6.78. The van der Waals surface area contributed by atoms with Gasteiger partial charge in [-0.15, -0.1) is 0 Å². The van der Waals surface area contributed by atoms with E-state index >= 15 is 0 Å². The van der Waals surface area contributed by atoms with Gasteiger partial charge < -0.3 is 5.32 Å². The molecule has 4 nitrogen and oxygen atoms in total. The quantitative estimate of drug-likeness (QED) is 0.906. The number of nitrogens with one attached hydrogen (secondary N) is 1. The number of anilines is 1. The van der Waals surface area contributed by atoms with E-state index in [0.717, 1.165) is 42.5 Å². The summed E-state index contributed by atoms with van der Waals surface area (Å²) >= 11 is 0. The molecule has 114 valence electrons. The van der Waals surface area contributed by atoms with E-state index in [-0.39, 0.29) is 0 Å². The molecule has 0 saturated heterocycles. The Morgan fingerprint density at radius 3 is 2.43 bits per heavy atom. The Bertz CT molecular complexity index is 526. The Labute approximate surface area is 126 Å². The molecular formula is C17H26N4. The fourth-order valence-corrected chi connectivity index (χ4v) is 6.45. The highest BCUT2D eigenvalue weighted by molar-refractivity contribution is 5.29. The van der Waals surface area contributed by atoms with Crippen molar-refractivity contribution in [3.8, 4) is 0 Å². The van der Waals surface area contributed by atoms with Gasteiger partial charge in [-0.2, -0.15) is 10.1 Å². The Hall–Kier alpha value is -1.06. The lowest BCUT2D eigenvalue weighted by Gasteiger charge is -2.59. The van der Waals surface area contributed by atoms with Crippen molar-refractivity contribution in [3.63, 3.8) is 0 Å². The zero-order valence-corrected chi connectivity index (χ0v) is 13.0. The molecule has 1 aliphatic heterocycles. The predicted octanol–water partition coefficient (Wildman–Crippen LogP) is 3.41. The van der Waals surface area contributed by atoms with Gasteiger partial charge in [0.1, 0.15) is 0 Å². The van der Waals surface area contributed by atoms with E-state index in [2.05, 4.69) is 21.9 Å². The minimum atomic E-state index is 0.546. The summed E-state index contributed by atoms with van der Waals surface area (Å²) in [5, 5.41) is 8.32. The van der Waals surface area contributed by atoms with Gasteiger partial charge in [0, 0.05) is 13.0 Å². The van der Waals surface area contributed by atoms with E-state index in [1.54, 1.807) is 0 Å². The van der Waals surface area contributed by atoms with Gasteiger partial charge in [0.25, 0.3) is 0 Å². The second-order valence-electron chi connectivity index (χ2n) is 8.16. The van der Waals surface area contributed by atoms with E-state index in [4.69, 9.17) is 5.10 Å². The van der Waals surface area contributed by atoms with Crippen molar-refractivity contribution in [2.75, 3.05) is 11.9 Å². The van der Waals surface area contributed by atoms with Crippen LogP contribution in [0.25, 0.3) is 0 Å². The molecule has 2 heterocycles. The molecule has 1 unspecified atom stereocenters. The lowest BCUT2D eigenvalue weighted by molar-refractivity contribution is -0.0869. The normalized spacial score (nSPS) is 43.7. The largest absolute Gasteiger partial charge is 0.354 e. The number of nitrogens with zero attached hydrogens (tertiary/aromatic N) is 3. The van der Waals surface area contributed by atoms with Gasteiger partial charge in [0.15, 0.2) is 5.82 Å². The molecule has 1 atom stereocenters. The average molecular weight is 286 g/mol. The van der Waals surface area contributed by atoms with Crippen LogP contribution in [0.4, 0.5) is 5.95 Å². The first-order chi connectivity index (χ1) is 10.3. The lowest BCUT2D eigenvalue weighted by atomic mass is 9.47. The summed E-state index contributed by atoms with van der Waals surface area (Å²) in [7, 11) is 0. The maximum absolute atomic E-state index is 4.85. The van der Waals surface area contributed by atoms with Crippen LogP contribution in [0.15, 0.2) is 0 Å². The van der Waals surface area contributed by atoms with Crippen LogP contribution in [0.5, 0.6) is 0 Å². The van der Waals surface area contributed by atoms with E-state index in [1.807, 2.05) is 0 Å². The number of aromatic nitrogens is 3. The van der Waals surface area contributed by atoms with Crippen molar-refractivity contribution < 1.29 is 0 Å². The van der Waals surface area contributed by atoms with Crippen molar-refractivity contribution in [2.24, 2.45) is 23.2 Å². The van der Waals surface area contributed by atoms with E-state index in [1.165, 1.54) is 44.9 Å². The molecule has 4 bridgehead atoms. The zero-order valence-electron chi connectivity index (χ0n) is 13.0. The summed E-state index contributed by atoms with van der Waals surface area (Å²) < 4.78 is 2.29. The number of aryl methyl sites for hydroxylation is 1. The second kappa shape index (κ2) is 4.23. The molecule has 4 heteroatoms. The summed E-state index contributed by atoms with van der Waals surface area (Å²) in [5.74, 6) is 5.10. The lowest BCUT2D eigenvalue weighted by Crippen LogP contribution is -2.51. The Morgan fingerprint density at radius 1 is 1.14 bits per heavy atom. The summed E-state index contributed by atoms with van der Waals surface area (Å²) in [6.45, 7) is 3.23. The molecule has 4 aliphatic carbocycles. The Morgan fingerprint density at radius 2 is 1.81 bits per heavy atom. The van der Waals surface area contributed by atoms with Crippen molar-refractivity contribution in [1.29, 1.82) is 0 Å². The molecule has 21 heavy (non-hydrogen) atoms. The first-order valence-electron chi connectivity index (χ1n) is 8.95. The highest BCUT2D eigenvalue weighted by atomic mass is 15.4. The molecule has 5 aliphatic rings. The molecule has 4 fully saturated rings. The first kappa shape index (κ1) is 12.5. The van der Waals surface area contributed by atoms with Crippen LogP contribution in [0.1, 0.15) is 63.7 Å². The van der Waals surface area contributed by atoms with Crippen LogP contribution in [-0.4, -0.2) is 21.3 Å². The molecule has 1 N–H and O–H groups in total. The predicted molar refractivity (Wildman–Crippen MR) is 82.1 cm³/mol. The summed E-state index contributed by atoms with van der Waals surface area (Å²) in [6.07, 6.45) is 11.1. The molecule has 1 aromatic heterocycles. The molecule has 4 saturated carbocycles. The van der Waals surface area contributed by atoms with E-state index < -0.39 is 0 Å². The van der Waals surface area contributed by atoms with Gasteiger partial charge in [0.05, 0.1) is 6.04 Å². The van der Waals surface area contributed by atoms with Crippen molar-refractivity contribution >= 4 is 5.95 Å². The molecular weight excluding hydrogens is 260 g/mol. The van der Waals surface area contributed by atoms with Crippen molar-refractivity contribution in [1.82, 2.24) is 14.8 Å². The maximum Gasteiger partial charge on any atom is 0.221 e. The molecule has 0 spiro atoms. The Balaban J connectivity index is 1.55. The fourth-order valence-electron chi connectivity index (χ4n) is 6.45. The molecule has 6 rings (SSSR count).